The molecule has 10 rings (SSSR count). The lowest BCUT2D eigenvalue weighted by Crippen LogP contribution is -2.00. The summed E-state index contributed by atoms with van der Waals surface area (Å²) in [6, 6.07) is 60.5. The highest BCUT2D eigenvalue weighted by Crippen LogP contribution is 2.38. The Morgan fingerprint density at radius 2 is 0.780 bits per heavy atom. The number of aromatic nitrogens is 4. The summed E-state index contributed by atoms with van der Waals surface area (Å²) in [4.78, 5) is 9.69. The van der Waals surface area contributed by atoms with Crippen molar-refractivity contribution in [2.75, 3.05) is 0 Å². The van der Waals surface area contributed by atoms with E-state index in [1.807, 2.05) is 30.6 Å². The van der Waals surface area contributed by atoms with Crippen LogP contribution in [0.5, 0.6) is 0 Å². The molecule has 0 aliphatic heterocycles. The number of para-hydroxylation sites is 2. The third kappa shape index (κ3) is 4.54. The van der Waals surface area contributed by atoms with Gasteiger partial charge in [-0.25, -0.2) is 9.97 Å². The Morgan fingerprint density at radius 1 is 0.300 bits per heavy atom. The zero-order valence-electron chi connectivity index (χ0n) is 27.1. The van der Waals surface area contributed by atoms with Gasteiger partial charge in [0.2, 0.25) is 5.95 Å². The summed E-state index contributed by atoms with van der Waals surface area (Å²) in [6.07, 6.45) is 3.83. The van der Waals surface area contributed by atoms with Crippen LogP contribution in [0.3, 0.4) is 0 Å². The maximum Gasteiger partial charge on any atom is 0.234 e. The van der Waals surface area contributed by atoms with E-state index < -0.39 is 0 Å². The average molecular weight is 639 g/mol. The summed E-state index contributed by atoms with van der Waals surface area (Å²) in [7, 11) is 0. The lowest BCUT2D eigenvalue weighted by molar-refractivity contribution is 0.990. The van der Waals surface area contributed by atoms with Crippen LogP contribution in [0, 0.1) is 0 Å². The topological polar surface area (TPSA) is 35.6 Å². The molecular weight excluding hydrogens is 609 g/mol. The molecular formula is C46H30N4. The highest BCUT2D eigenvalue weighted by atomic mass is 15.1. The molecule has 0 radical (unpaired) electrons. The third-order valence-electron chi connectivity index (χ3n) is 9.86. The minimum Gasteiger partial charge on any atom is -0.309 e. The van der Waals surface area contributed by atoms with Crippen molar-refractivity contribution < 1.29 is 0 Å². The standard InChI is InChI=1S/C46H30N4/c1-3-11-31(12-4-1)33-19-23-37(24-20-33)49-42-17-9-7-15-38(42)40-25-21-35(28-45(40)49)34-22-26-44-41(27-34)39-16-8-10-18-43(39)50(44)46-47-29-36(30-48-46)32-13-5-2-6-14-32/h1-30H. The Balaban J connectivity index is 1.10. The van der Waals surface area contributed by atoms with Crippen LogP contribution in [0.4, 0.5) is 0 Å². The number of fused-ring (bicyclic) bond motifs is 6. The van der Waals surface area contributed by atoms with Gasteiger partial charge in [0.1, 0.15) is 0 Å². The van der Waals surface area contributed by atoms with Crippen LogP contribution in [0.15, 0.2) is 182 Å². The quantitative estimate of drug-likeness (QED) is 0.188. The van der Waals surface area contributed by atoms with Gasteiger partial charge in [0.15, 0.2) is 0 Å². The second-order valence-corrected chi connectivity index (χ2v) is 12.7. The monoisotopic (exact) mass is 638 g/mol. The van der Waals surface area contributed by atoms with E-state index in [-0.39, 0.29) is 0 Å². The van der Waals surface area contributed by atoms with E-state index in [2.05, 4.69) is 161 Å². The van der Waals surface area contributed by atoms with Gasteiger partial charge >= 0.3 is 0 Å². The normalized spacial score (nSPS) is 11.6. The Bertz CT molecular complexity index is 2830. The SMILES string of the molecule is c1ccc(-c2ccc(-n3c4ccccc4c4ccc(-c5ccc6c(c5)c5ccccc5n6-c5ncc(-c6ccccc6)cn5)cc43)cc2)cc1. The maximum absolute atomic E-state index is 4.84. The first kappa shape index (κ1) is 28.3. The van der Waals surface area contributed by atoms with Crippen molar-refractivity contribution in [2.24, 2.45) is 0 Å². The molecule has 0 spiro atoms. The van der Waals surface area contributed by atoms with Gasteiger partial charge in [0, 0.05) is 45.2 Å². The van der Waals surface area contributed by atoms with Crippen LogP contribution in [-0.4, -0.2) is 19.1 Å². The van der Waals surface area contributed by atoms with Crippen LogP contribution in [0.1, 0.15) is 0 Å². The molecule has 0 fully saturated rings. The van der Waals surface area contributed by atoms with Crippen LogP contribution in [0.2, 0.25) is 0 Å². The molecule has 0 saturated heterocycles. The van der Waals surface area contributed by atoms with Crippen LogP contribution < -0.4 is 0 Å². The van der Waals surface area contributed by atoms with Crippen LogP contribution in [-0.2, 0) is 0 Å². The molecule has 10 aromatic rings. The molecule has 3 aromatic heterocycles. The summed E-state index contributed by atoms with van der Waals surface area (Å²) in [5.74, 6) is 0.660. The summed E-state index contributed by atoms with van der Waals surface area (Å²) in [6.45, 7) is 0. The van der Waals surface area contributed by atoms with E-state index in [9.17, 15) is 0 Å². The zero-order chi connectivity index (χ0) is 33.0. The summed E-state index contributed by atoms with van der Waals surface area (Å²) < 4.78 is 4.56. The molecule has 0 amide bonds. The van der Waals surface area contributed by atoms with E-state index >= 15 is 0 Å². The van der Waals surface area contributed by atoms with E-state index in [0.717, 1.165) is 27.8 Å². The summed E-state index contributed by atoms with van der Waals surface area (Å²) in [5, 5.41) is 4.84. The molecule has 0 aliphatic rings. The van der Waals surface area contributed by atoms with E-state index in [1.54, 1.807) is 0 Å². The van der Waals surface area contributed by atoms with Gasteiger partial charge < -0.3 is 4.57 Å². The van der Waals surface area contributed by atoms with Crippen LogP contribution in [0.25, 0.3) is 88.6 Å². The molecule has 7 aromatic carbocycles. The van der Waals surface area contributed by atoms with E-state index in [4.69, 9.17) is 9.97 Å². The molecule has 4 nitrogen and oxygen atoms in total. The van der Waals surface area contributed by atoms with Crippen molar-refractivity contribution in [3.05, 3.63) is 182 Å². The minimum absolute atomic E-state index is 0.660. The van der Waals surface area contributed by atoms with Gasteiger partial charge in [-0.2, -0.15) is 0 Å². The predicted octanol–water partition coefficient (Wildman–Crippen LogP) is 11.7. The Kier molecular flexibility index (Phi) is 6.46. The van der Waals surface area contributed by atoms with Crippen molar-refractivity contribution in [2.45, 2.75) is 0 Å². The molecule has 3 heterocycles. The lowest BCUT2D eigenvalue weighted by Gasteiger charge is -2.11. The second kappa shape index (κ2) is 11.4. The number of hydrogen-bond acceptors (Lipinski definition) is 2. The van der Waals surface area contributed by atoms with Crippen molar-refractivity contribution in [1.29, 1.82) is 0 Å². The first-order valence-corrected chi connectivity index (χ1v) is 16.9. The second-order valence-electron chi connectivity index (χ2n) is 12.7. The number of benzene rings is 7. The fourth-order valence-corrected chi connectivity index (χ4v) is 7.45. The van der Waals surface area contributed by atoms with Gasteiger partial charge in [-0.1, -0.05) is 127 Å². The summed E-state index contributed by atoms with van der Waals surface area (Å²) >= 11 is 0. The van der Waals surface area contributed by atoms with Gasteiger partial charge in [0.25, 0.3) is 0 Å². The molecule has 234 valence electrons. The predicted molar refractivity (Wildman–Crippen MR) is 207 cm³/mol. The zero-order valence-corrected chi connectivity index (χ0v) is 27.1. The van der Waals surface area contributed by atoms with Crippen LogP contribution >= 0.6 is 0 Å². The molecule has 50 heavy (non-hydrogen) atoms. The van der Waals surface area contributed by atoms with E-state index in [1.165, 1.54) is 54.8 Å². The van der Waals surface area contributed by atoms with Gasteiger partial charge in [-0.15, -0.1) is 0 Å². The number of hydrogen-bond donors (Lipinski definition) is 0. The smallest absolute Gasteiger partial charge is 0.234 e. The lowest BCUT2D eigenvalue weighted by atomic mass is 10.0. The van der Waals surface area contributed by atoms with Crippen molar-refractivity contribution in [3.8, 4) is 45.0 Å². The largest absolute Gasteiger partial charge is 0.309 e. The minimum atomic E-state index is 0.660. The van der Waals surface area contributed by atoms with Crippen molar-refractivity contribution in [3.63, 3.8) is 0 Å². The molecule has 0 N–H and O–H groups in total. The molecule has 0 atom stereocenters. The average Bonchev–Trinajstić information content (AvgIpc) is 3.71. The van der Waals surface area contributed by atoms with Crippen molar-refractivity contribution >= 4 is 43.6 Å². The molecule has 0 aliphatic carbocycles. The fraction of sp³-hybridized carbons (Fsp3) is 0. The maximum atomic E-state index is 4.84. The number of nitrogens with zero attached hydrogens (tertiary/aromatic N) is 4. The molecule has 0 unspecified atom stereocenters. The van der Waals surface area contributed by atoms with E-state index in [0.29, 0.717) is 5.95 Å². The number of rotatable bonds is 5. The fourth-order valence-electron chi connectivity index (χ4n) is 7.45. The first-order valence-electron chi connectivity index (χ1n) is 16.9. The Morgan fingerprint density at radius 3 is 1.48 bits per heavy atom. The Labute approximate surface area is 289 Å². The first-order chi connectivity index (χ1) is 24.8. The highest BCUT2D eigenvalue weighted by molar-refractivity contribution is 6.12. The molecule has 4 heteroatoms. The highest BCUT2D eigenvalue weighted by Gasteiger charge is 2.17. The summed E-state index contributed by atoms with van der Waals surface area (Å²) in [5.41, 5.74) is 12.6. The van der Waals surface area contributed by atoms with Gasteiger partial charge in [-0.05, 0) is 70.3 Å². The van der Waals surface area contributed by atoms with Crippen molar-refractivity contribution in [1.82, 2.24) is 19.1 Å². The van der Waals surface area contributed by atoms with Gasteiger partial charge in [-0.3, -0.25) is 4.57 Å². The molecule has 0 bridgehead atoms. The van der Waals surface area contributed by atoms with Gasteiger partial charge in [0.05, 0.1) is 22.1 Å². The Hall–Kier alpha value is -6.78. The third-order valence-corrected chi connectivity index (χ3v) is 9.86. The molecule has 0 saturated carbocycles.